The summed E-state index contributed by atoms with van der Waals surface area (Å²) in [5.41, 5.74) is 3.51. The summed E-state index contributed by atoms with van der Waals surface area (Å²) in [6, 6.07) is 2.10. The molecule has 1 N–H and O–H groups in total. The number of hydrogen-bond donors (Lipinski definition) is 1. The molecule has 2 heterocycles. The van der Waals surface area contributed by atoms with E-state index in [0.29, 0.717) is 0 Å². The fourth-order valence-electron chi connectivity index (χ4n) is 2.46. The first-order valence-corrected chi connectivity index (χ1v) is 7.03. The van der Waals surface area contributed by atoms with Crippen LogP contribution in [0, 0.1) is 6.92 Å². The number of fused-ring (bicyclic) bond motifs is 1. The number of imidazole rings is 1. The molecule has 0 atom stereocenters. The Kier molecular flexibility index (Phi) is 4.30. The highest BCUT2D eigenvalue weighted by Crippen LogP contribution is 2.18. The number of aryl methyl sites for hydroxylation is 4. The lowest BCUT2D eigenvalue weighted by Gasteiger charge is -2.03. The van der Waals surface area contributed by atoms with Crippen molar-refractivity contribution in [3.05, 3.63) is 29.8 Å². The molecule has 4 heteroatoms. The van der Waals surface area contributed by atoms with Crippen LogP contribution in [-0.4, -0.2) is 19.3 Å². The van der Waals surface area contributed by atoms with Crippen LogP contribution in [0.4, 0.5) is 0 Å². The van der Waals surface area contributed by atoms with Crippen molar-refractivity contribution in [1.29, 1.82) is 0 Å². The van der Waals surface area contributed by atoms with E-state index >= 15 is 0 Å². The van der Waals surface area contributed by atoms with Gasteiger partial charge in [-0.3, -0.25) is 4.68 Å². The Balaban J connectivity index is 2.52. The van der Waals surface area contributed by atoms with Crippen molar-refractivity contribution in [3.63, 3.8) is 0 Å². The molecule has 0 aliphatic carbocycles. The average Bonchev–Trinajstić information content (AvgIpc) is 2.64. The first kappa shape index (κ1) is 13.7. The van der Waals surface area contributed by atoms with Gasteiger partial charge in [0.05, 0.1) is 5.52 Å². The number of unbranched alkanes of at least 4 members (excludes halogenated alkanes) is 2. The van der Waals surface area contributed by atoms with Gasteiger partial charge in [-0.15, -0.1) is 0 Å². The molecule has 0 saturated carbocycles. The number of hydrogen-bond acceptors (Lipinski definition) is 1. The van der Waals surface area contributed by atoms with Gasteiger partial charge in [0.1, 0.15) is 11.3 Å². The molecule has 0 fully saturated rings. The second-order valence-electron chi connectivity index (χ2n) is 5.16. The van der Waals surface area contributed by atoms with Gasteiger partial charge in [0, 0.05) is 32.9 Å². The van der Waals surface area contributed by atoms with Crippen molar-refractivity contribution in [1.82, 2.24) is 19.3 Å². The van der Waals surface area contributed by atoms with Crippen LogP contribution in [-0.2, 0) is 20.5 Å². The van der Waals surface area contributed by atoms with E-state index in [2.05, 4.69) is 36.6 Å². The largest absolute Gasteiger partial charge is 0.331 e. The van der Waals surface area contributed by atoms with Gasteiger partial charge >= 0.3 is 0 Å². The van der Waals surface area contributed by atoms with Gasteiger partial charge in [0.2, 0.25) is 0 Å². The SMILES string of the molecule is CCCCCc1nc2cn(C)[nH]ccc(C)c2n1C. The minimum Gasteiger partial charge on any atom is -0.331 e. The number of aromatic amines is 1. The molecule has 0 aliphatic rings. The van der Waals surface area contributed by atoms with Crippen molar-refractivity contribution < 1.29 is 0 Å². The number of nitrogens with one attached hydrogen (secondary N) is 1. The lowest BCUT2D eigenvalue weighted by molar-refractivity contribution is 0.675. The summed E-state index contributed by atoms with van der Waals surface area (Å²) in [5.74, 6) is 1.18. The summed E-state index contributed by atoms with van der Waals surface area (Å²) < 4.78 is 4.17. The third-order valence-electron chi connectivity index (χ3n) is 3.52. The number of H-pyrrole nitrogens is 1. The highest BCUT2D eigenvalue weighted by atomic mass is 15.2. The second kappa shape index (κ2) is 5.95. The Bertz CT molecular complexity index is 599. The van der Waals surface area contributed by atoms with Crippen molar-refractivity contribution in [2.45, 2.75) is 39.5 Å². The molecule has 0 aromatic carbocycles. The van der Waals surface area contributed by atoms with Crippen molar-refractivity contribution in [3.8, 4) is 0 Å². The van der Waals surface area contributed by atoms with E-state index in [0.717, 1.165) is 11.9 Å². The molecule has 2 rings (SSSR count). The monoisotopic (exact) mass is 260 g/mol. The first-order chi connectivity index (χ1) is 9.13. The zero-order valence-electron chi connectivity index (χ0n) is 12.4. The van der Waals surface area contributed by atoms with Gasteiger partial charge in [-0.05, 0) is 25.0 Å². The van der Waals surface area contributed by atoms with Crippen LogP contribution < -0.4 is 0 Å². The standard InChI is InChI=1S/C15H24N4/c1-5-6-7-8-14-17-13-11-18(3)16-10-9-12(2)15(13)19(14)4/h9-11,16H,5-8H2,1-4H3. The fraction of sp³-hybridized carbons (Fsp3) is 0.533. The molecular weight excluding hydrogens is 236 g/mol. The molecule has 2 aromatic heterocycles. The summed E-state index contributed by atoms with van der Waals surface area (Å²) in [5, 5.41) is 3.16. The summed E-state index contributed by atoms with van der Waals surface area (Å²) in [6.07, 6.45) is 8.79. The number of nitrogens with zero attached hydrogens (tertiary/aromatic N) is 3. The van der Waals surface area contributed by atoms with Crippen LogP contribution in [0.2, 0.25) is 0 Å². The Labute approximate surface area is 114 Å². The van der Waals surface area contributed by atoms with Gasteiger partial charge in [0.15, 0.2) is 0 Å². The Morgan fingerprint density at radius 3 is 2.79 bits per heavy atom. The Morgan fingerprint density at radius 2 is 2.05 bits per heavy atom. The summed E-state index contributed by atoms with van der Waals surface area (Å²) in [4.78, 5) is 4.80. The number of aromatic nitrogens is 4. The molecule has 0 saturated heterocycles. The van der Waals surface area contributed by atoms with Gasteiger partial charge in [0.25, 0.3) is 0 Å². The first-order valence-electron chi connectivity index (χ1n) is 7.03. The zero-order valence-corrected chi connectivity index (χ0v) is 12.4. The quantitative estimate of drug-likeness (QED) is 0.841. The molecule has 0 unspecified atom stereocenters. The van der Waals surface area contributed by atoms with Crippen LogP contribution in [0.1, 0.15) is 37.6 Å². The Hall–Kier alpha value is -1.71. The highest BCUT2D eigenvalue weighted by molar-refractivity contribution is 5.77. The summed E-state index contributed by atoms with van der Waals surface area (Å²) in [6.45, 7) is 4.36. The van der Waals surface area contributed by atoms with E-state index in [1.54, 1.807) is 0 Å². The van der Waals surface area contributed by atoms with Crippen molar-refractivity contribution >= 4 is 11.0 Å². The minimum absolute atomic E-state index is 1.05. The van der Waals surface area contributed by atoms with E-state index in [-0.39, 0.29) is 0 Å². The van der Waals surface area contributed by atoms with Gasteiger partial charge in [-0.25, -0.2) is 4.98 Å². The van der Waals surface area contributed by atoms with Crippen molar-refractivity contribution in [2.24, 2.45) is 14.1 Å². The van der Waals surface area contributed by atoms with Crippen LogP contribution in [0.15, 0.2) is 18.5 Å². The van der Waals surface area contributed by atoms with Crippen LogP contribution in [0.25, 0.3) is 11.0 Å². The molecule has 0 radical (unpaired) electrons. The highest BCUT2D eigenvalue weighted by Gasteiger charge is 2.08. The van der Waals surface area contributed by atoms with Gasteiger partial charge in [-0.1, -0.05) is 19.8 Å². The molecule has 19 heavy (non-hydrogen) atoms. The topological polar surface area (TPSA) is 38.5 Å². The van der Waals surface area contributed by atoms with Crippen LogP contribution in [0.5, 0.6) is 0 Å². The van der Waals surface area contributed by atoms with E-state index in [9.17, 15) is 0 Å². The zero-order chi connectivity index (χ0) is 13.8. The van der Waals surface area contributed by atoms with E-state index < -0.39 is 0 Å². The normalized spacial score (nSPS) is 10.9. The van der Waals surface area contributed by atoms with Gasteiger partial charge < -0.3 is 9.67 Å². The molecule has 0 amide bonds. The molecule has 0 bridgehead atoms. The lowest BCUT2D eigenvalue weighted by Crippen LogP contribution is -1.98. The Morgan fingerprint density at radius 1 is 1.26 bits per heavy atom. The average molecular weight is 260 g/mol. The van der Waals surface area contributed by atoms with Gasteiger partial charge in [-0.2, -0.15) is 0 Å². The molecule has 0 spiro atoms. The fourth-order valence-corrected chi connectivity index (χ4v) is 2.46. The maximum absolute atomic E-state index is 4.80. The van der Waals surface area contributed by atoms with E-state index in [1.807, 2.05) is 24.1 Å². The molecule has 2 aromatic rings. The second-order valence-corrected chi connectivity index (χ2v) is 5.16. The predicted molar refractivity (Wildman–Crippen MR) is 79.6 cm³/mol. The lowest BCUT2D eigenvalue weighted by atomic mass is 10.2. The molecule has 104 valence electrons. The minimum atomic E-state index is 1.05. The van der Waals surface area contributed by atoms with Crippen LogP contribution >= 0.6 is 0 Å². The summed E-state index contributed by atoms with van der Waals surface area (Å²) in [7, 11) is 4.10. The predicted octanol–water partition coefficient (Wildman–Crippen LogP) is 3.41. The van der Waals surface area contributed by atoms with E-state index in [4.69, 9.17) is 4.98 Å². The van der Waals surface area contributed by atoms with Crippen LogP contribution in [0.3, 0.4) is 0 Å². The summed E-state index contributed by atoms with van der Waals surface area (Å²) >= 11 is 0. The third kappa shape index (κ3) is 3.00. The maximum Gasteiger partial charge on any atom is 0.109 e. The third-order valence-corrected chi connectivity index (χ3v) is 3.52. The number of rotatable bonds is 4. The maximum atomic E-state index is 4.80. The van der Waals surface area contributed by atoms with E-state index in [1.165, 1.54) is 36.2 Å². The van der Waals surface area contributed by atoms with Crippen molar-refractivity contribution in [2.75, 3.05) is 0 Å². The molecule has 0 aliphatic heterocycles. The molecule has 4 nitrogen and oxygen atoms in total. The molecular formula is C15H24N4. The smallest absolute Gasteiger partial charge is 0.109 e.